The first kappa shape index (κ1) is 13.9. The number of benzene rings is 1. The maximum Gasteiger partial charge on any atom is 0.490 e. The van der Waals surface area contributed by atoms with Gasteiger partial charge in [0.2, 0.25) is 0 Å². The van der Waals surface area contributed by atoms with E-state index < -0.39 is 0 Å². The molecule has 0 saturated carbocycles. The highest BCUT2D eigenvalue weighted by Crippen LogP contribution is 2.40. The summed E-state index contributed by atoms with van der Waals surface area (Å²) in [5.74, 6) is 0. The van der Waals surface area contributed by atoms with Crippen molar-refractivity contribution in [3.8, 4) is 0 Å². The molecule has 1 fully saturated rings. The molecular formula is C17H23BO2. The molecule has 1 aliphatic carbocycles. The van der Waals surface area contributed by atoms with Crippen LogP contribution in [0.3, 0.4) is 0 Å². The SMILES string of the molecule is Cc1ccc2c(c1)CCC(B1OC(C)(C)C(C)(C)O1)=C2. The quantitative estimate of drug-likeness (QED) is 0.719. The summed E-state index contributed by atoms with van der Waals surface area (Å²) < 4.78 is 12.3. The van der Waals surface area contributed by atoms with Crippen molar-refractivity contribution in [2.45, 2.75) is 58.7 Å². The summed E-state index contributed by atoms with van der Waals surface area (Å²) in [5.41, 5.74) is 4.83. The van der Waals surface area contributed by atoms with E-state index in [1.807, 2.05) is 0 Å². The fourth-order valence-corrected chi connectivity index (χ4v) is 2.82. The van der Waals surface area contributed by atoms with Gasteiger partial charge in [-0.2, -0.15) is 0 Å². The molecule has 1 aromatic rings. The fourth-order valence-electron chi connectivity index (χ4n) is 2.82. The van der Waals surface area contributed by atoms with E-state index in [1.54, 1.807) is 0 Å². The van der Waals surface area contributed by atoms with Gasteiger partial charge in [-0.25, -0.2) is 0 Å². The van der Waals surface area contributed by atoms with E-state index in [1.165, 1.54) is 22.2 Å². The highest BCUT2D eigenvalue weighted by Gasteiger charge is 2.52. The minimum atomic E-state index is -0.258. The Balaban J connectivity index is 1.89. The number of rotatable bonds is 1. The lowest BCUT2D eigenvalue weighted by Crippen LogP contribution is -2.41. The van der Waals surface area contributed by atoms with Crippen molar-refractivity contribution < 1.29 is 9.31 Å². The smallest absolute Gasteiger partial charge is 0.400 e. The van der Waals surface area contributed by atoms with Crippen molar-refractivity contribution in [1.29, 1.82) is 0 Å². The van der Waals surface area contributed by atoms with Crippen LogP contribution in [0.5, 0.6) is 0 Å². The molecule has 0 atom stereocenters. The first-order chi connectivity index (χ1) is 9.28. The Morgan fingerprint density at radius 1 is 1.00 bits per heavy atom. The molecule has 1 aliphatic heterocycles. The van der Waals surface area contributed by atoms with E-state index in [9.17, 15) is 0 Å². The summed E-state index contributed by atoms with van der Waals surface area (Å²) in [7, 11) is -0.200. The van der Waals surface area contributed by atoms with Gasteiger partial charge in [-0.15, -0.1) is 0 Å². The number of allylic oxidation sites excluding steroid dienone is 1. The molecule has 3 rings (SSSR count). The molecule has 1 aromatic carbocycles. The third kappa shape index (κ3) is 2.23. The fraction of sp³-hybridized carbons (Fsp3) is 0.529. The van der Waals surface area contributed by atoms with Crippen LogP contribution in [-0.2, 0) is 15.7 Å². The standard InChI is InChI=1S/C17H23BO2/c1-12-6-7-14-11-15(9-8-13(14)10-12)18-19-16(2,3)17(4,5)20-18/h6-7,10-11H,8-9H2,1-5H3. The summed E-state index contributed by atoms with van der Waals surface area (Å²) in [4.78, 5) is 0. The second kappa shape index (κ2) is 4.47. The van der Waals surface area contributed by atoms with Gasteiger partial charge in [0.15, 0.2) is 0 Å². The second-order valence-corrected chi connectivity index (χ2v) is 7.01. The van der Waals surface area contributed by atoms with Crippen LogP contribution < -0.4 is 0 Å². The molecule has 0 radical (unpaired) electrons. The zero-order valence-electron chi connectivity index (χ0n) is 13.1. The van der Waals surface area contributed by atoms with Gasteiger partial charge in [0.25, 0.3) is 0 Å². The number of aryl methyl sites for hydroxylation is 2. The van der Waals surface area contributed by atoms with Crippen LogP contribution in [0.1, 0.15) is 50.8 Å². The largest absolute Gasteiger partial charge is 0.490 e. The zero-order chi connectivity index (χ0) is 14.5. The van der Waals surface area contributed by atoms with E-state index in [0.29, 0.717) is 0 Å². The average Bonchev–Trinajstić information content (AvgIpc) is 2.58. The molecule has 2 nitrogen and oxygen atoms in total. The highest BCUT2D eigenvalue weighted by atomic mass is 16.7. The Morgan fingerprint density at radius 2 is 1.65 bits per heavy atom. The molecule has 0 spiro atoms. The van der Waals surface area contributed by atoms with Crippen LogP contribution >= 0.6 is 0 Å². The predicted molar refractivity (Wildman–Crippen MR) is 83.6 cm³/mol. The lowest BCUT2D eigenvalue weighted by atomic mass is 9.71. The van der Waals surface area contributed by atoms with E-state index in [2.05, 4.69) is 58.9 Å². The van der Waals surface area contributed by atoms with Crippen molar-refractivity contribution in [3.63, 3.8) is 0 Å². The predicted octanol–water partition coefficient (Wildman–Crippen LogP) is 3.96. The van der Waals surface area contributed by atoms with E-state index in [4.69, 9.17) is 9.31 Å². The van der Waals surface area contributed by atoms with E-state index in [0.717, 1.165) is 12.8 Å². The zero-order valence-corrected chi connectivity index (χ0v) is 13.1. The third-order valence-electron chi connectivity index (χ3n) is 4.88. The van der Waals surface area contributed by atoms with Gasteiger partial charge in [0.1, 0.15) is 0 Å². The second-order valence-electron chi connectivity index (χ2n) is 7.01. The molecule has 2 aliphatic rings. The number of hydrogen-bond acceptors (Lipinski definition) is 2. The number of fused-ring (bicyclic) bond motifs is 1. The summed E-state index contributed by atoms with van der Waals surface area (Å²) in [6, 6.07) is 6.66. The van der Waals surface area contributed by atoms with Gasteiger partial charge in [-0.05, 0) is 64.1 Å². The van der Waals surface area contributed by atoms with Gasteiger partial charge in [-0.1, -0.05) is 29.8 Å². The molecule has 0 unspecified atom stereocenters. The van der Waals surface area contributed by atoms with Crippen molar-refractivity contribution in [1.82, 2.24) is 0 Å². The molecule has 1 heterocycles. The lowest BCUT2D eigenvalue weighted by Gasteiger charge is -2.32. The van der Waals surface area contributed by atoms with E-state index in [-0.39, 0.29) is 18.3 Å². The molecule has 3 heteroatoms. The molecule has 0 N–H and O–H groups in total. The summed E-state index contributed by atoms with van der Waals surface area (Å²) in [6.07, 6.45) is 4.35. The maximum atomic E-state index is 6.15. The van der Waals surface area contributed by atoms with Crippen LogP contribution in [0.25, 0.3) is 6.08 Å². The van der Waals surface area contributed by atoms with Crippen LogP contribution in [-0.4, -0.2) is 18.3 Å². The topological polar surface area (TPSA) is 18.5 Å². The van der Waals surface area contributed by atoms with Gasteiger partial charge in [-0.3, -0.25) is 0 Å². The highest BCUT2D eigenvalue weighted by molar-refractivity contribution is 6.55. The normalized spacial score (nSPS) is 23.4. The molecule has 20 heavy (non-hydrogen) atoms. The first-order valence-corrected chi connectivity index (χ1v) is 7.44. The van der Waals surface area contributed by atoms with E-state index >= 15 is 0 Å². The van der Waals surface area contributed by atoms with Gasteiger partial charge < -0.3 is 9.31 Å². The van der Waals surface area contributed by atoms with Crippen LogP contribution in [0, 0.1) is 6.92 Å². The molecular weight excluding hydrogens is 247 g/mol. The monoisotopic (exact) mass is 270 g/mol. The molecule has 0 amide bonds. The van der Waals surface area contributed by atoms with Crippen molar-refractivity contribution in [2.24, 2.45) is 0 Å². The molecule has 106 valence electrons. The Bertz CT molecular complexity index is 556. The minimum Gasteiger partial charge on any atom is -0.400 e. The Hall–Kier alpha value is -1.06. The molecule has 0 aromatic heterocycles. The average molecular weight is 270 g/mol. The van der Waals surface area contributed by atoms with Gasteiger partial charge in [0, 0.05) is 0 Å². The maximum absolute atomic E-state index is 6.15. The third-order valence-corrected chi connectivity index (χ3v) is 4.88. The molecule has 1 saturated heterocycles. The summed E-state index contributed by atoms with van der Waals surface area (Å²) in [5, 5.41) is 0. The molecule has 0 bridgehead atoms. The minimum absolute atomic E-state index is 0.200. The summed E-state index contributed by atoms with van der Waals surface area (Å²) >= 11 is 0. The van der Waals surface area contributed by atoms with Crippen LogP contribution in [0.2, 0.25) is 0 Å². The Morgan fingerprint density at radius 3 is 2.30 bits per heavy atom. The number of hydrogen-bond donors (Lipinski definition) is 0. The Labute approximate surface area is 122 Å². The van der Waals surface area contributed by atoms with Crippen molar-refractivity contribution in [3.05, 3.63) is 40.4 Å². The van der Waals surface area contributed by atoms with Crippen molar-refractivity contribution in [2.75, 3.05) is 0 Å². The first-order valence-electron chi connectivity index (χ1n) is 7.44. The van der Waals surface area contributed by atoms with Gasteiger partial charge in [0.05, 0.1) is 11.2 Å². The van der Waals surface area contributed by atoms with Crippen LogP contribution in [0.4, 0.5) is 0 Å². The van der Waals surface area contributed by atoms with Crippen LogP contribution in [0.15, 0.2) is 23.7 Å². The summed E-state index contributed by atoms with van der Waals surface area (Å²) in [6.45, 7) is 10.6. The Kier molecular flexibility index (Phi) is 3.11. The lowest BCUT2D eigenvalue weighted by molar-refractivity contribution is 0.00578. The van der Waals surface area contributed by atoms with Gasteiger partial charge >= 0.3 is 7.12 Å². The van der Waals surface area contributed by atoms with Crippen molar-refractivity contribution >= 4 is 13.2 Å².